The van der Waals surface area contributed by atoms with E-state index >= 15 is 0 Å². The number of rotatable bonds is 8. The van der Waals surface area contributed by atoms with E-state index in [9.17, 15) is 14.4 Å². The molecular formula is C25H21Cl2N3O6. The van der Waals surface area contributed by atoms with Crippen LogP contribution in [0.3, 0.4) is 0 Å². The number of para-hydroxylation sites is 2. The normalized spacial score (nSPS) is 10.6. The van der Waals surface area contributed by atoms with Crippen molar-refractivity contribution in [1.29, 1.82) is 0 Å². The molecule has 0 saturated heterocycles. The molecule has 0 unspecified atom stereocenters. The average molecular weight is 530 g/mol. The first-order chi connectivity index (χ1) is 17.3. The fourth-order valence-corrected chi connectivity index (χ4v) is 3.40. The summed E-state index contributed by atoms with van der Waals surface area (Å²) >= 11 is 11.9. The highest BCUT2D eigenvalue weighted by Gasteiger charge is 2.17. The van der Waals surface area contributed by atoms with E-state index in [2.05, 4.69) is 15.8 Å². The number of anilines is 1. The molecular weight excluding hydrogens is 509 g/mol. The lowest BCUT2D eigenvalue weighted by atomic mass is 10.2. The van der Waals surface area contributed by atoms with Gasteiger partial charge >= 0.3 is 17.8 Å². The van der Waals surface area contributed by atoms with Crippen LogP contribution in [0.15, 0.2) is 65.8 Å². The lowest BCUT2D eigenvalue weighted by Gasteiger charge is -2.12. The average Bonchev–Trinajstić information content (AvgIpc) is 2.85. The number of hydrazone groups is 1. The number of halogens is 2. The highest BCUT2D eigenvalue weighted by molar-refractivity contribution is 6.39. The molecule has 2 N–H and O–H groups in total. The molecule has 11 heteroatoms. The first-order valence-corrected chi connectivity index (χ1v) is 11.3. The molecule has 36 heavy (non-hydrogen) atoms. The molecule has 0 aromatic heterocycles. The Kier molecular flexibility index (Phi) is 9.26. The monoisotopic (exact) mass is 529 g/mol. The lowest BCUT2D eigenvalue weighted by molar-refractivity contribution is -0.136. The number of amides is 2. The zero-order valence-electron chi connectivity index (χ0n) is 19.2. The van der Waals surface area contributed by atoms with Crippen molar-refractivity contribution < 1.29 is 28.6 Å². The van der Waals surface area contributed by atoms with Crippen molar-refractivity contribution in [2.75, 3.05) is 19.0 Å². The first-order valence-electron chi connectivity index (χ1n) is 10.5. The second-order valence-electron chi connectivity index (χ2n) is 7.01. The fraction of sp³-hybridized carbons (Fsp3) is 0.120. The van der Waals surface area contributed by atoms with E-state index in [0.29, 0.717) is 28.6 Å². The van der Waals surface area contributed by atoms with Crippen LogP contribution in [0, 0.1) is 0 Å². The number of nitrogens with zero attached hydrogens (tertiary/aromatic N) is 1. The molecule has 3 rings (SSSR count). The largest absolute Gasteiger partial charge is 0.495 e. The SMILES string of the molecule is CCOc1cc(/C=N\NC(=O)C(=O)Nc2ccccc2OC)ccc1OC(=O)c1ccc(Cl)cc1Cl. The Morgan fingerprint density at radius 2 is 1.72 bits per heavy atom. The molecule has 0 fully saturated rings. The van der Waals surface area contributed by atoms with Gasteiger partial charge in [0.1, 0.15) is 5.75 Å². The molecule has 3 aromatic carbocycles. The van der Waals surface area contributed by atoms with Crippen molar-refractivity contribution in [1.82, 2.24) is 5.43 Å². The van der Waals surface area contributed by atoms with Crippen LogP contribution in [0.5, 0.6) is 17.2 Å². The summed E-state index contributed by atoms with van der Waals surface area (Å²) in [7, 11) is 1.45. The fourth-order valence-electron chi connectivity index (χ4n) is 2.91. The van der Waals surface area contributed by atoms with Gasteiger partial charge in [-0.05, 0) is 61.0 Å². The molecule has 0 saturated carbocycles. The number of ether oxygens (including phenoxy) is 3. The van der Waals surface area contributed by atoms with Gasteiger partial charge < -0.3 is 19.5 Å². The Bertz CT molecular complexity index is 1310. The van der Waals surface area contributed by atoms with E-state index in [1.807, 2.05) is 0 Å². The summed E-state index contributed by atoms with van der Waals surface area (Å²) in [4.78, 5) is 36.8. The molecule has 0 heterocycles. The van der Waals surface area contributed by atoms with Gasteiger partial charge in [-0.3, -0.25) is 9.59 Å². The van der Waals surface area contributed by atoms with Crippen molar-refractivity contribution in [2.45, 2.75) is 6.92 Å². The van der Waals surface area contributed by atoms with E-state index in [4.69, 9.17) is 37.4 Å². The number of methoxy groups -OCH3 is 1. The van der Waals surface area contributed by atoms with Crippen LogP contribution >= 0.6 is 23.2 Å². The van der Waals surface area contributed by atoms with Crippen LogP contribution in [-0.2, 0) is 9.59 Å². The summed E-state index contributed by atoms with van der Waals surface area (Å²) in [5, 5.41) is 6.78. The van der Waals surface area contributed by atoms with Crippen molar-refractivity contribution in [3.05, 3.63) is 81.8 Å². The number of nitrogens with one attached hydrogen (secondary N) is 2. The highest BCUT2D eigenvalue weighted by Crippen LogP contribution is 2.30. The first kappa shape index (κ1) is 26.5. The summed E-state index contributed by atoms with van der Waals surface area (Å²) in [6.45, 7) is 2.07. The van der Waals surface area contributed by atoms with Gasteiger partial charge in [0.15, 0.2) is 11.5 Å². The minimum absolute atomic E-state index is 0.142. The number of benzene rings is 3. The molecule has 3 aromatic rings. The quantitative estimate of drug-likeness (QED) is 0.143. The highest BCUT2D eigenvalue weighted by atomic mass is 35.5. The molecule has 0 spiro atoms. The number of carbonyl (C=O) groups excluding carboxylic acids is 3. The van der Waals surface area contributed by atoms with Crippen LogP contribution in [0.25, 0.3) is 0 Å². The summed E-state index contributed by atoms with van der Waals surface area (Å²) in [6, 6.07) is 15.7. The lowest BCUT2D eigenvalue weighted by Crippen LogP contribution is -2.32. The summed E-state index contributed by atoms with van der Waals surface area (Å²) in [5.41, 5.74) is 3.14. The van der Waals surface area contributed by atoms with Crippen LogP contribution in [0.2, 0.25) is 10.0 Å². The molecule has 0 aliphatic rings. The van der Waals surface area contributed by atoms with Gasteiger partial charge in [-0.25, -0.2) is 10.2 Å². The smallest absolute Gasteiger partial charge is 0.345 e. The minimum atomic E-state index is -0.979. The van der Waals surface area contributed by atoms with Gasteiger partial charge in [0, 0.05) is 5.02 Å². The molecule has 0 atom stereocenters. The summed E-state index contributed by atoms with van der Waals surface area (Å²) in [5.74, 6) is -1.76. The number of hydrogen-bond donors (Lipinski definition) is 2. The van der Waals surface area contributed by atoms with Crippen LogP contribution in [0.1, 0.15) is 22.8 Å². The predicted molar refractivity (Wildman–Crippen MR) is 136 cm³/mol. The zero-order chi connectivity index (χ0) is 26.1. The van der Waals surface area contributed by atoms with Crippen molar-refractivity contribution in [3.63, 3.8) is 0 Å². The number of hydrogen-bond acceptors (Lipinski definition) is 7. The van der Waals surface area contributed by atoms with Crippen molar-refractivity contribution >= 4 is 52.9 Å². The Morgan fingerprint density at radius 3 is 2.44 bits per heavy atom. The van der Waals surface area contributed by atoms with Crippen molar-refractivity contribution in [2.24, 2.45) is 5.10 Å². The topological polar surface area (TPSA) is 115 Å². The van der Waals surface area contributed by atoms with E-state index in [1.54, 1.807) is 43.3 Å². The van der Waals surface area contributed by atoms with E-state index in [0.717, 1.165) is 0 Å². The molecule has 186 valence electrons. The molecule has 0 aliphatic carbocycles. The second kappa shape index (κ2) is 12.6. The van der Waals surface area contributed by atoms with E-state index < -0.39 is 17.8 Å². The van der Waals surface area contributed by atoms with E-state index in [-0.39, 0.29) is 22.1 Å². The minimum Gasteiger partial charge on any atom is -0.495 e. The Morgan fingerprint density at radius 1 is 0.944 bits per heavy atom. The van der Waals surface area contributed by atoms with E-state index in [1.165, 1.54) is 37.6 Å². The number of carbonyl (C=O) groups is 3. The molecule has 0 bridgehead atoms. The zero-order valence-corrected chi connectivity index (χ0v) is 20.7. The third-order valence-corrected chi connectivity index (χ3v) is 5.11. The van der Waals surface area contributed by atoms with Gasteiger partial charge in [-0.2, -0.15) is 5.10 Å². The third-order valence-electron chi connectivity index (χ3n) is 4.56. The Balaban J connectivity index is 1.66. The molecule has 0 aliphatic heterocycles. The second-order valence-corrected chi connectivity index (χ2v) is 7.85. The summed E-state index contributed by atoms with van der Waals surface area (Å²) in [6.07, 6.45) is 1.30. The van der Waals surface area contributed by atoms with Crippen LogP contribution < -0.4 is 25.0 Å². The maximum absolute atomic E-state index is 12.5. The maximum Gasteiger partial charge on any atom is 0.345 e. The Hall–Kier alpha value is -4.08. The van der Waals surface area contributed by atoms with Crippen LogP contribution in [0.4, 0.5) is 5.69 Å². The van der Waals surface area contributed by atoms with Gasteiger partial charge in [0.05, 0.1) is 36.2 Å². The van der Waals surface area contributed by atoms with Gasteiger partial charge in [-0.15, -0.1) is 0 Å². The Labute approximate surface area is 216 Å². The molecule has 2 amide bonds. The predicted octanol–water partition coefficient (Wildman–Crippen LogP) is 4.71. The van der Waals surface area contributed by atoms with Gasteiger partial charge in [0.25, 0.3) is 0 Å². The standard InChI is InChI=1S/C25H21Cl2N3O6/c1-3-35-22-12-15(8-11-21(22)36-25(33)17-10-9-16(26)13-18(17)27)14-28-30-24(32)23(31)29-19-6-4-5-7-20(19)34-2/h4-14H,3H2,1-2H3,(H,29,31)(H,30,32)/b28-14-. The third kappa shape index (κ3) is 6.97. The molecule has 0 radical (unpaired) electrons. The van der Waals surface area contributed by atoms with Gasteiger partial charge in [-0.1, -0.05) is 35.3 Å². The van der Waals surface area contributed by atoms with Crippen molar-refractivity contribution in [3.8, 4) is 17.2 Å². The van der Waals surface area contributed by atoms with Gasteiger partial charge in [0.2, 0.25) is 0 Å². The number of esters is 1. The summed E-state index contributed by atoms with van der Waals surface area (Å²) < 4.78 is 16.1. The molecule has 9 nitrogen and oxygen atoms in total. The maximum atomic E-state index is 12.5. The van der Waals surface area contributed by atoms with Crippen LogP contribution in [-0.4, -0.2) is 37.7 Å².